The predicted molar refractivity (Wildman–Crippen MR) is 520 cm³/mol. The minimum Gasteiger partial charge on any atom is -0.454 e. The lowest BCUT2D eigenvalue weighted by Crippen LogP contribution is -2.74. The fourth-order valence-electron chi connectivity index (χ4n) is 19.6. The largest absolute Gasteiger partial charge is 0.454 e. The minimum absolute atomic E-state index is 0.0267. The van der Waals surface area contributed by atoms with Crippen LogP contribution in [0.15, 0.2) is 361 Å². The summed E-state index contributed by atoms with van der Waals surface area (Å²) in [6.45, 7) is 31.6. The second-order valence-corrected chi connectivity index (χ2v) is 41.7. The number of rotatable bonds is 18. The number of fused-ring (bicyclic) bond motifs is 6. The summed E-state index contributed by atoms with van der Waals surface area (Å²) in [5, 5.41) is 32.7. The molecular weight excluding hydrogens is 1510 g/mol. The van der Waals surface area contributed by atoms with E-state index in [0.717, 1.165) is 127 Å². The van der Waals surface area contributed by atoms with Crippen LogP contribution in [0.5, 0.6) is 0 Å². The summed E-state index contributed by atoms with van der Waals surface area (Å²) >= 11 is 0. The van der Waals surface area contributed by atoms with Gasteiger partial charge < -0.3 is 18.6 Å². The Bertz CT molecular complexity index is 6920. The van der Waals surface area contributed by atoms with E-state index < -0.39 is 16.1 Å². The lowest BCUT2D eigenvalue weighted by atomic mass is 9.84. The monoisotopic (exact) mass is 1600 g/mol. The number of nitriles is 1. The summed E-state index contributed by atoms with van der Waals surface area (Å²) < 4.78 is 14.4. The Morgan fingerprint density at radius 3 is 0.984 bits per heavy atom. The zero-order chi connectivity index (χ0) is 83.4. The topological polar surface area (TPSA) is 60.9 Å². The highest BCUT2D eigenvalue weighted by Crippen LogP contribution is 2.55. The Morgan fingerprint density at radius 2 is 0.615 bits per heavy atom. The molecular formula is C114H90N4O2Si2. The molecule has 0 saturated carbocycles. The molecule has 0 saturated heterocycles. The number of benzene rings is 18. The number of furan rings is 2. The molecule has 20 aromatic rings. The standard InChI is InChI=1S/C114H90N4O2Si2/c1-71(2)100-68-106(117(103-28-18-26-96-92-24-12-14-30-109(92)119-113(96)103)105-66-81(44-45-83(105)70-115)79-20-16-22-90(64-79)121(84-47-32-73(5)33-48-84,85-49-34-74(6)35-50-85)86-51-36-75(7)37-52-86)98-61-59-95-101(72(3)4)69-107(99-62-60-94(100)111(98)112(95)99)118(104-29-19-27-97-93-25-13-15-31-110(93)120-114(97)104)108-67-82(46-63-102(108)116-11)80-21-17-23-91(65-80)122(87-53-38-76(8)39-54-87,88-55-40-77(9)41-56-88)89-57-42-78(10)43-58-89/h12-69,71-72H,1-10H3. The SMILES string of the molecule is [C-]#[N+]c1ccc(-c2cccc([Si](c3ccc(C)cc3)(c3ccc(C)cc3)c3ccc(C)cc3)c2)cc1N(c1cc(C(C)C)c2ccc3c(N(c4cc(-c5cccc([Si](c6ccc(C)cc6)(c6ccc(C)cc6)c6ccc(C)cc6)c5)ccc4C#N)c4cccc5c4oc4ccccc45)cc(C(C)C)c4ccc1c2c43)c1cccc2c1oc1ccccc12. The summed E-state index contributed by atoms with van der Waals surface area (Å²) in [5.41, 5.74) is 22.4. The van der Waals surface area contributed by atoms with E-state index in [9.17, 15) is 11.8 Å². The van der Waals surface area contributed by atoms with Crippen molar-refractivity contribution in [3.8, 4) is 28.3 Å². The van der Waals surface area contributed by atoms with Crippen molar-refractivity contribution < 1.29 is 8.83 Å². The van der Waals surface area contributed by atoms with Gasteiger partial charge in [-0.2, -0.15) is 5.26 Å². The van der Waals surface area contributed by atoms with Gasteiger partial charge in [-0.25, -0.2) is 4.85 Å². The third-order valence-electron chi connectivity index (χ3n) is 25.8. The molecule has 0 atom stereocenters. The molecule has 0 N–H and O–H groups in total. The van der Waals surface area contributed by atoms with Crippen molar-refractivity contribution in [3.63, 3.8) is 0 Å². The van der Waals surface area contributed by atoms with Crippen molar-refractivity contribution in [3.05, 3.63) is 413 Å². The van der Waals surface area contributed by atoms with Crippen molar-refractivity contribution >= 4 is 174 Å². The molecule has 0 amide bonds. The molecule has 8 heteroatoms. The van der Waals surface area contributed by atoms with Gasteiger partial charge in [0.15, 0.2) is 27.3 Å². The lowest BCUT2D eigenvalue weighted by Gasteiger charge is -2.35. The fraction of sp³-hybridized carbons (Fsp3) is 0.105. The van der Waals surface area contributed by atoms with Crippen LogP contribution in [0.1, 0.15) is 89.6 Å². The first kappa shape index (κ1) is 76.3. The molecule has 2 heterocycles. The molecule has 0 unspecified atom stereocenters. The molecule has 20 rings (SSSR count). The third kappa shape index (κ3) is 12.5. The van der Waals surface area contributed by atoms with Crippen molar-refractivity contribution in [1.82, 2.24) is 0 Å². The molecule has 2 aromatic heterocycles. The average molecular weight is 1600 g/mol. The quantitative estimate of drug-likeness (QED) is 0.0371. The maximum atomic E-state index is 12.0. The normalized spacial score (nSPS) is 12.0. The minimum atomic E-state index is -3.06. The summed E-state index contributed by atoms with van der Waals surface area (Å²) in [6, 6.07) is 133. The third-order valence-corrected chi connectivity index (χ3v) is 35.3. The van der Waals surface area contributed by atoms with Crippen molar-refractivity contribution in [1.29, 1.82) is 5.26 Å². The van der Waals surface area contributed by atoms with Crippen molar-refractivity contribution in [2.24, 2.45) is 0 Å². The van der Waals surface area contributed by atoms with Gasteiger partial charge >= 0.3 is 0 Å². The number of hydrogen-bond acceptors (Lipinski definition) is 5. The van der Waals surface area contributed by atoms with Gasteiger partial charge in [0.25, 0.3) is 0 Å². The van der Waals surface area contributed by atoms with Crippen LogP contribution in [0.2, 0.25) is 0 Å². The maximum absolute atomic E-state index is 12.0. The second kappa shape index (κ2) is 30.5. The van der Waals surface area contributed by atoms with Crippen molar-refractivity contribution in [2.45, 2.75) is 81.1 Å². The predicted octanol–water partition coefficient (Wildman–Crippen LogP) is 25.9. The first-order valence-electron chi connectivity index (χ1n) is 42.4. The van der Waals surface area contributed by atoms with Crippen LogP contribution in [0.4, 0.5) is 39.8 Å². The van der Waals surface area contributed by atoms with Gasteiger partial charge in [-0.3, -0.25) is 0 Å². The molecule has 0 aliphatic rings. The van der Waals surface area contributed by atoms with E-state index in [-0.39, 0.29) is 11.8 Å². The van der Waals surface area contributed by atoms with Gasteiger partial charge in [-0.1, -0.05) is 358 Å². The van der Waals surface area contributed by atoms with E-state index >= 15 is 0 Å². The Kier molecular flexibility index (Phi) is 19.0. The Labute approximate surface area is 715 Å². The van der Waals surface area contributed by atoms with Gasteiger partial charge in [-0.05, 0) is 204 Å². The van der Waals surface area contributed by atoms with Gasteiger partial charge in [-0.15, -0.1) is 0 Å². The Hall–Kier alpha value is -14.4. The number of aryl methyl sites for hydroxylation is 6. The van der Waals surface area contributed by atoms with E-state index in [1.807, 2.05) is 30.3 Å². The van der Waals surface area contributed by atoms with Crippen LogP contribution in [0.3, 0.4) is 0 Å². The Balaban J connectivity index is 0.840. The highest BCUT2D eigenvalue weighted by atomic mass is 28.3. The maximum Gasteiger partial charge on any atom is 0.210 e. The van der Waals surface area contributed by atoms with Crippen LogP contribution in [0.25, 0.3) is 103 Å². The summed E-state index contributed by atoms with van der Waals surface area (Å²) in [4.78, 5) is 9.21. The highest BCUT2D eigenvalue weighted by Gasteiger charge is 2.44. The molecule has 18 aromatic carbocycles. The summed E-state index contributed by atoms with van der Waals surface area (Å²) in [7, 11) is -6.11. The van der Waals surface area contributed by atoms with E-state index in [2.05, 4.69) is 411 Å². The molecule has 0 aliphatic carbocycles. The zero-order valence-electron chi connectivity index (χ0n) is 70.2. The summed E-state index contributed by atoms with van der Waals surface area (Å²) in [5.74, 6) is 0.0552. The van der Waals surface area contributed by atoms with Crippen LogP contribution < -0.4 is 51.3 Å². The number of anilines is 6. The molecule has 586 valence electrons. The second-order valence-electron chi connectivity index (χ2n) is 34.0. The smallest absolute Gasteiger partial charge is 0.210 e. The van der Waals surface area contributed by atoms with E-state index in [4.69, 9.17) is 8.83 Å². The van der Waals surface area contributed by atoms with Gasteiger partial charge in [0.05, 0.1) is 46.3 Å². The average Bonchev–Trinajstić information content (AvgIpc) is 0.856. The van der Waals surface area contributed by atoms with Crippen LogP contribution in [0, 0.1) is 59.4 Å². The molecule has 0 aliphatic heterocycles. The molecule has 6 nitrogen and oxygen atoms in total. The fourth-order valence-corrected chi connectivity index (χ4v) is 29.0. The van der Waals surface area contributed by atoms with E-state index in [0.29, 0.717) is 28.1 Å². The van der Waals surface area contributed by atoms with Gasteiger partial charge in [0.1, 0.15) is 17.2 Å². The molecule has 0 spiro atoms. The molecule has 0 fully saturated rings. The summed E-state index contributed by atoms with van der Waals surface area (Å²) in [6.07, 6.45) is 0. The Morgan fingerprint density at radius 1 is 0.287 bits per heavy atom. The van der Waals surface area contributed by atoms with Crippen LogP contribution in [-0.2, 0) is 0 Å². The first-order valence-corrected chi connectivity index (χ1v) is 46.4. The van der Waals surface area contributed by atoms with Crippen LogP contribution >= 0.6 is 0 Å². The van der Waals surface area contributed by atoms with Gasteiger partial charge in [0.2, 0.25) is 5.69 Å². The molecule has 0 radical (unpaired) electrons. The first-order chi connectivity index (χ1) is 59.5. The van der Waals surface area contributed by atoms with Gasteiger partial charge in [0, 0.05) is 32.3 Å². The van der Waals surface area contributed by atoms with Crippen LogP contribution in [-0.4, -0.2) is 16.1 Å². The number of nitrogens with zero attached hydrogens (tertiary/aromatic N) is 4. The highest BCUT2D eigenvalue weighted by molar-refractivity contribution is 7.20. The van der Waals surface area contributed by atoms with Crippen molar-refractivity contribution in [2.75, 3.05) is 9.80 Å². The van der Waals surface area contributed by atoms with E-state index in [1.165, 1.54) is 74.9 Å². The number of hydrogen-bond donors (Lipinski definition) is 0. The lowest BCUT2D eigenvalue weighted by molar-refractivity contribution is 0.668. The zero-order valence-corrected chi connectivity index (χ0v) is 72.2. The van der Waals surface area contributed by atoms with E-state index in [1.54, 1.807) is 0 Å². The molecule has 0 bridgehead atoms. The number of para-hydroxylation sites is 4. The molecule has 122 heavy (non-hydrogen) atoms.